The molecular weight excluding hydrogens is 538 g/mol. The molecule has 42 heavy (non-hydrogen) atoms. The Morgan fingerprint density at radius 3 is 0.595 bits per heavy atom. The number of carbonyl (C=O) groups is 6. The Labute approximate surface area is 254 Å². The number of hydrogen-bond donors (Lipinski definition) is 3. The van der Waals surface area contributed by atoms with Crippen LogP contribution >= 0.6 is 0 Å². The third kappa shape index (κ3) is 15.1. The molecule has 0 spiro atoms. The van der Waals surface area contributed by atoms with Crippen molar-refractivity contribution in [1.29, 1.82) is 0 Å². The molecule has 0 aromatic rings. The average Bonchev–Trinajstić information content (AvgIpc) is 2.76. The normalized spacial score (nSPS) is 15.6. The molecule has 6 atom stereocenters. The van der Waals surface area contributed by atoms with Gasteiger partial charge in [0.25, 0.3) is 0 Å². The van der Waals surface area contributed by atoms with E-state index in [1.165, 1.54) is 20.8 Å². The molecule has 0 aromatic carbocycles. The molecule has 0 aliphatic heterocycles. The molecule has 9 heteroatoms. The number of carboxylic acid groups (broad SMARTS) is 2. The third-order valence-electron chi connectivity index (χ3n) is 7.78. The largest absolute Gasteiger partial charge is 0.481 e. The molecule has 0 aromatic heterocycles. The minimum absolute atomic E-state index is 0.0104. The highest BCUT2D eigenvalue weighted by Gasteiger charge is 2.37. The predicted molar refractivity (Wildman–Crippen MR) is 166 cm³/mol. The van der Waals surface area contributed by atoms with E-state index in [1.54, 1.807) is 0 Å². The van der Waals surface area contributed by atoms with Crippen LogP contribution in [0.1, 0.15) is 104 Å². The standard InChI is InChI=1S/C11H21NO2.2C11H20O3/c1-6(2)9(8(5)13)10(7(3)4)11(12)14;2*1-6(2)9(8(5)12)10(7(3)4)11(13)14/h6-7,9-10H,1-5H3,(H2,12,14);2*6-7,9-10H,1-5H3,(H,13,14). The van der Waals surface area contributed by atoms with Gasteiger partial charge in [0.1, 0.15) is 17.3 Å². The van der Waals surface area contributed by atoms with Crippen molar-refractivity contribution in [3.63, 3.8) is 0 Å². The van der Waals surface area contributed by atoms with Crippen molar-refractivity contribution < 1.29 is 39.0 Å². The monoisotopic (exact) mass is 599 g/mol. The van der Waals surface area contributed by atoms with E-state index >= 15 is 0 Å². The molecule has 9 nitrogen and oxygen atoms in total. The van der Waals surface area contributed by atoms with Crippen molar-refractivity contribution in [3.05, 3.63) is 0 Å². The number of primary amides is 1. The highest BCUT2D eigenvalue weighted by atomic mass is 16.4. The Balaban J connectivity index is -0.000000543. The van der Waals surface area contributed by atoms with Gasteiger partial charge in [0.05, 0.1) is 11.8 Å². The first-order valence-electron chi connectivity index (χ1n) is 15.1. The van der Waals surface area contributed by atoms with E-state index in [0.29, 0.717) is 0 Å². The Bertz CT molecular complexity index is 702. The van der Waals surface area contributed by atoms with Crippen LogP contribution in [-0.4, -0.2) is 45.4 Å². The molecule has 0 radical (unpaired) electrons. The first kappa shape index (κ1) is 43.9. The number of carbonyl (C=O) groups excluding carboxylic acids is 4. The SMILES string of the molecule is CC(=O)C(C(C)C)C(C(=O)O)C(C)C.CC(=O)C(C(C)C)C(C(=O)O)C(C)C.CC(=O)C(C(C)C)C(C(N)=O)C(C)C. The summed E-state index contributed by atoms with van der Waals surface area (Å²) in [5.41, 5.74) is 5.32. The van der Waals surface area contributed by atoms with Gasteiger partial charge in [-0.3, -0.25) is 28.8 Å². The van der Waals surface area contributed by atoms with Crippen LogP contribution in [-0.2, 0) is 28.8 Å². The lowest BCUT2D eigenvalue weighted by Gasteiger charge is -2.28. The van der Waals surface area contributed by atoms with Crippen molar-refractivity contribution in [3.8, 4) is 0 Å². The maximum Gasteiger partial charge on any atom is 0.307 e. The Hall–Kier alpha value is -2.58. The second-order valence-electron chi connectivity index (χ2n) is 13.5. The van der Waals surface area contributed by atoms with Gasteiger partial charge < -0.3 is 15.9 Å². The van der Waals surface area contributed by atoms with Crippen LogP contribution < -0.4 is 5.73 Å². The summed E-state index contributed by atoms with van der Waals surface area (Å²) in [4.78, 5) is 67.5. The van der Waals surface area contributed by atoms with Crippen LogP contribution in [0.5, 0.6) is 0 Å². The number of carboxylic acids is 2. The second kappa shape index (κ2) is 20.3. The molecule has 4 N–H and O–H groups in total. The molecule has 0 aliphatic rings. The van der Waals surface area contributed by atoms with Crippen molar-refractivity contribution in [1.82, 2.24) is 0 Å². The quantitative estimate of drug-likeness (QED) is 0.205. The number of aliphatic carboxylic acids is 2. The summed E-state index contributed by atoms with van der Waals surface area (Å²) in [7, 11) is 0. The van der Waals surface area contributed by atoms with Crippen LogP contribution in [0.3, 0.4) is 0 Å². The molecule has 1 amide bonds. The first-order valence-corrected chi connectivity index (χ1v) is 15.1. The third-order valence-corrected chi connectivity index (χ3v) is 7.78. The molecule has 246 valence electrons. The topological polar surface area (TPSA) is 169 Å². The summed E-state index contributed by atoms with van der Waals surface area (Å²) in [5.74, 6) is -4.13. The van der Waals surface area contributed by atoms with E-state index in [2.05, 4.69) is 0 Å². The highest BCUT2D eigenvalue weighted by molar-refractivity contribution is 5.87. The van der Waals surface area contributed by atoms with Crippen molar-refractivity contribution in [2.24, 2.45) is 76.7 Å². The van der Waals surface area contributed by atoms with E-state index < -0.39 is 23.8 Å². The number of ketones is 3. The fourth-order valence-corrected chi connectivity index (χ4v) is 6.04. The van der Waals surface area contributed by atoms with E-state index in [-0.39, 0.29) is 82.4 Å². The Kier molecular flexibility index (Phi) is 21.3. The van der Waals surface area contributed by atoms with Gasteiger partial charge in [-0.1, -0.05) is 83.1 Å². The maximum absolute atomic E-state index is 11.4. The fourth-order valence-electron chi connectivity index (χ4n) is 6.04. The number of Topliss-reactive ketones (excluding diaryl/α,β-unsaturated/α-hetero) is 3. The summed E-state index contributed by atoms with van der Waals surface area (Å²) in [6.07, 6.45) is 0. The molecule has 6 unspecified atom stereocenters. The van der Waals surface area contributed by atoms with Crippen LogP contribution in [0.25, 0.3) is 0 Å². The van der Waals surface area contributed by atoms with E-state index in [0.717, 1.165) is 0 Å². The Morgan fingerprint density at radius 1 is 0.381 bits per heavy atom. The first-order chi connectivity index (χ1) is 18.9. The van der Waals surface area contributed by atoms with Gasteiger partial charge in [-0.25, -0.2) is 0 Å². The van der Waals surface area contributed by atoms with Gasteiger partial charge in [0.2, 0.25) is 5.91 Å². The molecule has 0 fully saturated rings. The summed E-state index contributed by atoms with van der Waals surface area (Å²) in [5, 5.41) is 18.1. The predicted octanol–water partition coefficient (Wildman–Crippen LogP) is 6.01. The van der Waals surface area contributed by atoms with Crippen molar-refractivity contribution >= 4 is 35.2 Å². The van der Waals surface area contributed by atoms with E-state index in [9.17, 15) is 28.8 Å². The van der Waals surface area contributed by atoms with Crippen LogP contribution in [0.4, 0.5) is 0 Å². The number of hydrogen-bond acceptors (Lipinski definition) is 6. The number of amides is 1. The van der Waals surface area contributed by atoms with Gasteiger partial charge in [0, 0.05) is 23.7 Å². The van der Waals surface area contributed by atoms with E-state index in [4.69, 9.17) is 15.9 Å². The number of nitrogens with two attached hydrogens (primary N) is 1. The molecule has 0 rings (SSSR count). The van der Waals surface area contributed by atoms with Gasteiger partial charge in [-0.05, 0) is 56.3 Å². The summed E-state index contributed by atoms with van der Waals surface area (Å²) in [6, 6.07) is 0. The number of rotatable bonds is 15. The lowest BCUT2D eigenvalue weighted by atomic mass is 9.75. The molecule has 0 saturated carbocycles. The average molecular weight is 600 g/mol. The van der Waals surface area contributed by atoms with Crippen molar-refractivity contribution in [2.75, 3.05) is 0 Å². The van der Waals surface area contributed by atoms with Gasteiger partial charge >= 0.3 is 11.9 Å². The lowest BCUT2D eigenvalue weighted by molar-refractivity contribution is -0.150. The second-order valence-corrected chi connectivity index (χ2v) is 13.5. The maximum atomic E-state index is 11.4. The molecule has 0 aliphatic carbocycles. The van der Waals surface area contributed by atoms with Crippen molar-refractivity contribution in [2.45, 2.75) is 104 Å². The van der Waals surface area contributed by atoms with Gasteiger partial charge in [-0.2, -0.15) is 0 Å². The zero-order valence-electron chi connectivity index (χ0n) is 28.8. The summed E-state index contributed by atoms with van der Waals surface area (Å²) < 4.78 is 0. The zero-order chi connectivity index (χ0) is 34.4. The van der Waals surface area contributed by atoms with Crippen LogP contribution in [0, 0.1) is 71.0 Å². The molecule has 0 bridgehead atoms. The zero-order valence-corrected chi connectivity index (χ0v) is 28.8. The smallest absolute Gasteiger partial charge is 0.307 e. The highest BCUT2D eigenvalue weighted by Crippen LogP contribution is 2.30. The molecule has 0 heterocycles. The molecule has 0 saturated heterocycles. The van der Waals surface area contributed by atoms with Crippen LogP contribution in [0.2, 0.25) is 0 Å². The molecular formula is C33H61NO8. The minimum atomic E-state index is -0.867. The van der Waals surface area contributed by atoms with E-state index in [1.807, 2.05) is 83.1 Å². The van der Waals surface area contributed by atoms with Gasteiger partial charge in [0.15, 0.2) is 0 Å². The van der Waals surface area contributed by atoms with Gasteiger partial charge in [-0.15, -0.1) is 0 Å². The Morgan fingerprint density at radius 2 is 0.548 bits per heavy atom. The summed E-state index contributed by atoms with van der Waals surface area (Å²) in [6.45, 7) is 27.2. The minimum Gasteiger partial charge on any atom is -0.481 e. The fraction of sp³-hybridized carbons (Fsp3) is 0.818. The lowest BCUT2D eigenvalue weighted by Crippen LogP contribution is -2.39. The van der Waals surface area contributed by atoms with Crippen LogP contribution in [0.15, 0.2) is 0 Å². The summed E-state index contributed by atoms with van der Waals surface area (Å²) >= 11 is 0.